The molecule has 0 unspecified atom stereocenters. The standard InChI is InChI=1S/C31H37N3/c1-20(2)21-11-13-22(14-12-21)33-19-34-28-18-24-23(30(3,4)15-16-31(24,5)6)17-27(28)32(7)25-9-8-10-26(33)29(25)34/h8-14,17-18,20H,15-16,19H2,1-7H3. The highest BCUT2D eigenvalue weighted by molar-refractivity contribution is 6.03. The van der Waals surface area contributed by atoms with Crippen LogP contribution in [0.3, 0.4) is 0 Å². The summed E-state index contributed by atoms with van der Waals surface area (Å²) < 4.78 is 0. The molecule has 3 nitrogen and oxygen atoms in total. The third kappa shape index (κ3) is 2.95. The molecule has 0 aromatic heterocycles. The lowest BCUT2D eigenvalue weighted by Gasteiger charge is -2.44. The predicted molar refractivity (Wildman–Crippen MR) is 146 cm³/mol. The van der Waals surface area contributed by atoms with Crippen molar-refractivity contribution in [2.24, 2.45) is 0 Å². The van der Waals surface area contributed by atoms with Crippen LogP contribution >= 0.6 is 0 Å². The van der Waals surface area contributed by atoms with Gasteiger partial charge in [-0.1, -0.05) is 59.7 Å². The number of anilines is 6. The minimum atomic E-state index is 0.199. The van der Waals surface area contributed by atoms with Crippen molar-refractivity contribution in [3.63, 3.8) is 0 Å². The first-order valence-corrected chi connectivity index (χ1v) is 12.8. The molecule has 0 atom stereocenters. The lowest BCUT2D eigenvalue weighted by Crippen LogP contribution is -2.36. The molecular formula is C31H37N3. The van der Waals surface area contributed by atoms with E-state index in [9.17, 15) is 0 Å². The summed E-state index contributed by atoms with van der Waals surface area (Å²) in [6, 6.07) is 20.9. The normalized spacial score (nSPS) is 19.2. The van der Waals surface area contributed by atoms with Gasteiger partial charge in [0.2, 0.25) is 0 Å². The molecule has 6 rings (SSSR count). The molecule has 2 aliphatic heterocycles. The van der Waals surface area contributed by atoms with Crippen LogP contribution in [0, 0.1) is 0 Å². The molecule has 0 amide bonds. The van der Waals surface area contributed by atoms with Crippen molar-refractivity contribution in [2.75, 3.05) is 28.4 Å². The van der Waals surface area contributed by atoms with Crippen LogP contribution in [-0.2, 0) is 10.8 Å². The van der Waals surface area contributed by atoms with Crippen LogP contribution in [0.4, 0.5) is 34.1 Å². The molecule has 0 saturated heterocycles. The second-order valence-electron chi connectivity index (χ2n) is 12.1. The van der Waals surface area contributed by atoms with Crippen LogP contribution in [0.5, 0.6) is 0 Å². The number of hydrogen-bond acceptors (Lipinski definition) is 3. The van der Waals surface area contributed by atoms with Crippen molar-refractivity contribution in [1.29, 1.82) is 0 Å². The summed E-state index contributed by atoms with van der Waals surface area (Å²) in [6.07, 6.45) is 2.47. The Kier molecular flexibility index (Phi) is 4.47. The fourth-order valence-electron chi connectivity index (χ4n) is 6.23. The quantitative estimate of drug-likeness (QED) is 0.387. The lowest BCUT2D eigenvalue weighted by atomic mass is 9.63. The van der Waals surface area contributed by atoms with Gasteiger partial charge in [-0.2, -0.15) is 0 Å². The Morgan fingerprint density at radius 1 is 0.706 bits per heavy atom. The van der Waals surface area contributed by atoms with E-state index >= 15 is 0 Å². The van der Waals surface area contributed by atoms with E-state index in [4.69, 9.17) is 0 Å². The maximum absolute atomic E-state index is 2.55. The monoisotopic (exact) mass is 451 g/mol. The molecule has 0 spiro atoms. The topological polar surface area (TPSA) is 9.72 Å². The second kappa shape index (κ2) is 7.04. The molecule has 1 aliphatic carbocycles. The van der Waals surface area contributed by atoms with Crippen LogP contribution in [0.15, 0.2) is 54.6 Å². The molecular weight excluding hydrogens is 414 g/mol. The summed E-state index contributed by atoms with van der Waals surface area (Å²) in [7, 11) is 2.24. The summed E-state index contributed by atoms with van der Waals surface area (Å²) in [6.45, 7) is 15.0. The Balaban J connectivity index is 1.51. The largest absolute Gasteiger partial charge is 0.341 e. The zero-order valence-corrected chi connectivity index (χ0v) is 21.7. The highest BCUT2D eigenvalue weighted by atomic mass is 15.4. The number of nitrogens with zero attached hydrogens (tertiary/aromatic N) is 3. The Morgan fingerprint density at radius 2 is 1.29 bits per heavy atom. The first kappa shape index (κ1) is 21.6. The van der Waals surface area contributed by atoms with Gasteiger partial charge in [0.25, 0.3) is 0 Å². The summed E-state index contributed by atoms with van der Waals surface area (Å²) >= 11 is 0. The van der Waals surface area contributed by atoms with E-state index in [0.717, 1.165) is 6.67 Å². The van der Waals surface area contributed by atoms with Crippen LogP contribution < -0.4 is 14.7 Å². The molecule has 176 valence electrons. The van der Waals surface area contributed by atoms with Gasteiger partial charge in [0, 0.05) is 12.7 Å². The van der Waals surface area contributed by atoms with Gasteiger partial charge < -0.3 is 14.7 Å². The highest BCUT2D eigenvalue weighted by Gasteiger charge is 2.42. The summed E-state index contributed by atoms with van der Waals surface area (Å²) in [5, 5.41) is 0. The fourth-order valence-corrected chi connectivity index (χ4v) is 6.23. The zero-order chi connectivity index (χ0) is 24.0. The van der Waals surface area contributed by atoms with Gasteiger partial charge in [-0.25, -0.2) is 0 Å². The number of benzene rings is 3. The van der Waals surface area contributed by atoms with Gasteiger partial charge in [-0.3, -0.25) is 0 Å². The molecule has 0 saturated carbocycles. The summed E-state index contributed by atoms with van der Waals surface area (Å²) in [5.74, 6) is 0.546. The molecule has 3 aromatic rings. The Bertz CT molecular complexity index is 1280. The van der Waals surface area contributed by atoms with Gasteiger partial charge in [0.1, 0.15) is 6.67 Å². The van der Waals surface area contributed by atoms with Crippen molar-refractivity contribution < 1.29 is 0 Å². The van der Waals surface area contributed by atoms with E-state index in [2.05, 4.69) is 118 Å². The van der Waals surface area contributed by atoms with Crippen molar-refractivity contribution in [2.45, 2.75) is 71.1 Å². The van der Waals surface area contributed by atoms with Crippen LogP contribution in [0.1, 0.15) is 77.0 Å². The van der Waals surface area contributed by atoms with Crippen LogP contribution in [-0.4, -0.2) is 13.7 Å². The molecule has 34 heavy (non-hydrogen) atoms. The average molecular weight is 452 g/mol. The maximum Gasteiger partial charge on any atom is 0.100 e. The molecule has 0 radical (unpaired) electrons. The molecule has 3 aromatic carbocycles. The minimum Gasteiger partial charge on any atom is -0.341 e. The smallest absolute Gasteiger partial charge is 0.100 e. The molecule has 0 bridgehead atoms. The Labute approximate surface area is 205 Å². The van der Waals surface area contributed by atoms with E-state index < -0.39 is 0 Å². The van der Waals surface area contributed by atoms with E-state index in [1.54, 1.807) is 0 Å². The second-order valence-corrected chi connectivity index (χ2v) is 12.1. The van der Waals surface area contributed by atoms with Crippen molar-refractivity contribution >= 4 is 34.1 Å². The Hall–Kier alpha value is -2.94. The maximum atomic E-state index is 2.55. The molecule has 3 heteroatoms. The third-order valence-electron chi connectivity index (χ3n) is 8.67. The predicted octanol–water partition coefficient (Wildman–Crippen LogP) is 8.49. The van der Waals surface area contributed by atoms with Crippen LogP contribution in [0.2, 0.25) is 0 Å². The van der Waals surface area contributed by atoms with E-state index in [0.29, 0.717) is 5.92 Å². The summed E-state index contributed by atoms with van der Waals surface area (Å²) in [5.41, 5.74) is 12.7. The summed E-state index contributed by atoms with van der Waals surface area (Å²) in [4.78, 5) is 7.43. The minimum absolute atomic E-state index is 0.199. The zero-order valence-electron chi connectivity index (χ0n) is 21.7. The SMILES string of the molecule is CC(C)c1ccc(N2CN3c4cc5c(cc4N(C)c4cccc2c43)C(C)(C)CCC5(C)C)cc1. The highest BCUT2D eigenvalue weighted by Crippen LogP contribution is 2.58. The van der Waals surface area contributed by atoms with Crippen molar-refractivity contribution in [1.82, 2.24) is 0 Å². The van der Waals surface area contributed by atoms with Gasteiger partial charge in [-0.05, 0) is 82.7 Å². The first-order valence-electron chi connectivity index (χ1n) is 12.8. The van der Waals surface area contributed by atoms with E-state index in [-0.39, 0.29) is 10.8 Å². The van der Waals surface area contributed by atoms with Crippen molar-refractivity contribution in [3.05, 3.63) is 71.3 Å². The van der Waals surface area contributed by atoms with Gasteiger partial charge in [0.15, 0.2) is 0 Å². The number of rotatable bonds is 2. The number of hydrogen-bond donors (Lipinski definition) is 0. The van der Waals surface area contributed by atoms with E-state index in [1.807, 2.05) is 0 Å². The van der Waals surface area contributed by atoms with Gasteiger partial charge >= 0.3 is 0 Å². The fraction of sp³-hybridized carbons (Fsp3) is 0.419. The number of fused-ring (bicyclic) bond motifs is 3. The molecule has 2 heterocycles. The average Bonchev–Trinajstić information content (AvgIpc) is 3.20. The number of para-hydroxylation sites is 1. The third-order valence-corrected chi connectivity index (χ3v) is 8.67. The van der Waals surface area contributed by atoms with Crippen LogP contribution in [0.25, 0.3) is 0 Å². The van der Waals surface area contributed by atoms with Gasteiger partial charge in [-0.15, -0.1) is 0 Å². The molecule has 0 fully saturated rings. The first-order chi connectivity index (χ1) is 16.1. The Morgan fingerprint density at radius 3 is 1.91 bits per heavy atom. The lowest BCUT2D eigenvalue weighted by molar-refractivity contribution is 0.332. The van der Waals surface area contributed by atoms with E-state index in [1.165, 1.54) is 63.7 Å². The van der Waals surface area contributed by atoms with Gasteiger partial charge in [0.05, 0.1) is 28.4 Å². The molecule has 3 aliphatic rings. The van der Waals surface area contributed by atoms with Crippen molar-refractivity contribution in [3.8, 4) is 0 Å². The molecule has 0 N–H and O–H groups in total.